The van der Waals surface area contributed by atoms with E-state index in [2.05, 4.69) is 20.2 Å². The zero-order chi connectivity index (χ0) is 29.6. The number of carboxylic acids is 1. The number of oxazole rings is 1. The summed E-state index contributed by atoms with van der Waals surface area (Å²) in [6.07, 6.45) is 4.09. The molecule has 0 unspecified atom stereocenters. The first-order chi connectivity index (χ1) is 20.9. The highest BCUT2D eigenvalue weighted by molar-refractivity contribution is 6.10. The van der Waals surface area contributed by atoms with Crippen molar-refractivity contribution in [2.24, 2.45) is 5.41 Å². The van der Waals surface area contributed by atoms with Gasteiger partial charge in [-0.3, -0.25) is 9.59 Å². The van der Waals surface area contributed by atoms with E-state index in [1.165, 1.54) is 0 Å². The fourth-order valence-electron chi connectivity index (χ4n) is 6.18. The number of hydrogen-bond donors (Lipinski definition) is 2. The highest BCUT2D eigenvalue weighted by Crippen LogP contribution is 2.42. The summed E-state index contributed by atoms with van der Waals surface area (Å²) in [7, 11) is 0. The van der Waals surface area contributed by atoms with Crippen LogP contribution in [0.25, 0.3) is 11.3 Å². The monoisotopic (exact) mass is 579 g/mol. The van der Waals surface area contributed by atoms with Crippen LogP contribution in [0.3, 0.4) is 0 Å². The van der Waals surface area contributed by atoms with Gasteiger partial charge in [-0.05, 0) is 61.4 Å². The van der Waals surface area contributed by atoms with E-state index >= 15 is 0 Å². The molecule has 0 radical (unpaired) electrons. The second kappa shape index (κ2) is 10.7. The third-order valence-electron chi connectivity index (χ3n) is 8.46. The van der Waals surface area contributed by atoms with E-state index in [4.69, 9.17) is 9.15 Å². The van der Waals surface area contributed by atoms with Gasteiger partial charge < -0.3 is 29.4 Å². The number of nitrogens with zero attached hydrogens (tertiary/aromatic N) is 4. The first-order valence-corrected chi connectivity index (χ1v) is 14.2. The van der Waals surface area contributed by atoms with E-state index < -0.39 is 5.97 Å². The highest BCUT2D eigenvalue weighted by Gasteiger charge is 2.45. The highest BCUT2D eigenvalue weighted by atomic mass is 16.5. The standard InChI is InChI=1S/C32H29N5O6/c38-28(23-5-3-14-33-27(23)36-18-32(19-36)12-16-42-17-13-32)34-21-9-7-20(8-10-21)30(39)37-15-11-24-26(43-29(35-24)31(40)41)22-4-1-2-6-25(22)37/h1-10,14H,11-13,15-19H2,(H,34,38)(H,40,41). The van der Waals surface area contributed by atoms with E-state index in [-0.39, 0.29) is 23.1 Å². The largest absolute Gasteiger partial charge is 0.474 e. The van der Waals surface area contributed by atoms with Crippen molar-refractivity contribution >= 4 is 35.0 Å². The quantitative estimate of drug-likeness (QED) is 0.350. The minimum Gasteiger partial charge on any atom is -0.474 e. The minimum atomic E-state index is -1.24. The summed E-state index contributed by atoms with van der Waals surface area (Å²) in [5.41, 5.74) is 3.45. The molecule has 0 aliphatic carbocycles. The van der Waals surface area contributed by atoms with Crippen molar-refractivity contribution in [1.82, 2.24) is 9.97 Å². The third-order valence-corrected chi connectivity index (χ3v) is 8.46. The van der Waals surface area contributed by atoms with Gasteiger partial charge in [0.2, 0.25) is 0 Å². The molecule has 3 aliphatic heterocycles. The number of benzene rings is 2. The number of aromatic carboxylic acids is 1. The molecule has 2 aromatic carbocycles. The average molecular weight is 580 g/mol. The fraction of sp³-hybridized carbons (Fsp3) is 0.281. The summed E-state index contributed by atoms with van der Waals surface area (Å²) >= 11 is 0. The van der Waals surface area contributed by atoms with Crippen LogP contribution in [0.5, 0.6) is 0 Å². The van der Waals surface area contributed by atoms with Gasteiger partial charge in [-0.25, -0.2) is 14.8 Å². The SMILES string of the molecule is O=C(O)c1nc2c(o1)-c1ccccc1N(C(=O)c1ccc(NC(=O)c3cccnc3N3CC4(CCOCC4)C3)cc1)CC2. The molecule has 7 rings (SSSR count). The smallest absolute Gasteiger partial charge is 0.392 e. The topological polar surface area (TPSA) is 138 Å². The molecule has 4 aromatic rings. The van der Waals surface area contributed by atoms with E-state index in [9.17, 15) is 19.5 Å². The molecule has 2 aromatic heterocycles. The lowest BCUT2D eigenvalue weighted by Crippen LogP contribution is -2.59. The number of hydrogen-bond acceptors (Lipinski definition) is 8. The molecule has 218 valence electrons. The molecule has 0 bridgehead atoms. The van der Waals surface area contributed by atoms with Gasteiger partial charge in [-0.2, -0.15) is 0 Å². The number of amides is 2. The second-order valence-corrected chi connectivity index (χ2v) is 11.2. The van der Waals surface area contributed by atoms with Crippen LogP contribution in [0.15, 0.2) is 71.3 Å². The summed E-state index contributed by atoms with van der Waals surface area (Å²) in [5.74, 6) is -1.08. The summed E-state index contributed by atoms with van der Waals surface area (Å²) in [6.45, 7) is 3.58. The number of aromatic nitrogens is 2. The Balaban J connectivity index is 1.06. The predicted molar refractivity (Wildman–Crippen MR) is 158 cm³/mol. The number of carbonyl (C=O) groups is 3. The van der Waals surface area contributed by atoms with Crippen molar-refractivity contribution in [3.05, 3.63) is 89.6 Å². The van der Waals surface area contributed by atoms with Crippen LogP contribution in [-0.4, -0.2) is 65.7 Å². The maximum Gasteiger partial charge on any atom is 0.392 e. The van der Waals surface area contributed by atoms with E-state index in [1.54, 1.807) is 65.7 Å². The lowest BCUT2D eigenvalue weighted by atomic mass is 9.73. The van der Waals surface area contributed by atoms with E-state index in [0.29, 0.717) is 58.3 Å². The number of carbonyl (C=O) groups excluding carboxylic acids is 2. The molecule has 2 amide bonds. The van der Waals surface area contributed by atoms with Gasteiger partial charge in [-0.1, -0.05) is 12.1 Å². The molecule has 43 heavy (non-hydrogen) atoms. The number of nitrogens with one attached hydrogen (secondary N) is 1. The van der Waals surface area contributed by atoms with Gasteiger partial charge >= 0.3 is 11.9 Å². The average Bonchev–Trinajstić information content (AvgIpc) is 3.39. The first-order valence-electron chi connectivity index (χ1n) is 14.2. The van der Waals surface area contributed by atoms with Crippen LogP contribution in [0.2, 0.25) is 0 Å². The predicted octanol–water partition coefficient (Wildman–Crippen LogP) is 4.51. The van der Waals surface area contributed by atoms with Gasteiger partial charge in [0, 0.05) is 67.7 Å². The molecule has 3 aliphatic rings. The number of anilines is 3. The summed E-state index contributed by atoms with van der Waals surface area (Å²) in [4.78, 5) is 50.9. The Bertz CT molecular complexity index is 1720. The fourth-order valence-corrected chi connectivity index (χ4v) is 6.18. The minimum absolute atomic E-state index is 0.233. The maximum atomic E-state index is 13.7. The molecule has 0 atom stereocenters. The van der Waals surface area contributed by atoms with Gasteiger partial charge in [0.05, 0.1) is 16.9 Å². The number of fused-ring (bicyclic) bond motifs is 3. The Hall–Kier alpha value is -5.03. The zero-order valence-electron chi connectivity index (χ0n) is 23.3. The number of rotatable bonds is 5. The van der Waals surface area contributed by atoms with Gasteiger partial charge in [-0.15, -0.1) is 0 Å². The van der Waals surface area contributed by atoms with Crippen LogP contribution >= 0.6 is 0 Å². The van der Waals surface area contributed by atoms with Crippen LogP contribution in [0.4, 0.5) is 17.2 Å². The Kier molecular flexibility index (Phi) is 6.66. The summed E-state index contributed by atoms with van der Waals surface area (Å²) in [5, 5.41) is 12.3. The van der Waals surface area contributed by atoms with Crippen LogP contribution in [0.1, 0.15) is 49.9 Å². The van der Waals surface area contributed by atoms with Gasteiger partial charge in [0.25, 0.3) is 11.8 Å². The number of ether oxygens (including phenoxy) is 1. The van der Waals surface area contributed by atoms with Crippen molar-refractivity contribution < 1.29 is 28.6 Å². The summed E-state index contributed by atoms with van der Waals surface area (Å²) in [6, 6.07) is 17.5. The Morgan fingerprint density at radius 2 is 1.72 bits per heavy atom. The molecule has 2 N–H and O–H groups in total. The maximum absolute atomic E-state index is 13.7. The lowest BCUT2D eigenvalue weighted by Gasteiger charge is -2.53. The second-order valence-electron chi connectivity index (χ2n) is 11.2. The van der Waals surface area contributed by atoms with E-state index in [0.717, 1.165) is 39.1 Å². The van der Waals surface area contributed by atoms with Crippen LogP contribution < -0.4 is 15.1 Å². The Morgan fingerprint density at radius 3 is 2.49 bits per heavy atom. The van der Waals surface area contributed by atoms with Crippen molar-refractivity contribution in [3.8, 4) is 11.3 Å². The molecule has 11 nitrogen and oxygen atoms in total. The zero-order valence-corrected chi connectivity index (χ0v) is 23.3. The number of para-hydroxylation sites is 1. The number of carboxylic acid groups (broad SMARTS) is 1. The van der Waals surface area contributed by atoms with Crippen LogP contribution in [-0.2, 0) is 11.2 Å². The van der Waals surface area contributed by atoms with Crippen molar-refractivity contribution in [1.29, 1.82) is 0 Å². The van der Waals surface area contributed by atoms with Gasteiger partial charge in [0.1, 0.15) is 5.82 Å². The van der Waals surface area contributed by atoms with Crippen molar-refractivity contribution in [3.63, 3.8) is 0 Å². The molecule has 0 saturated carbocycles. The molecule has 11 heteroatoms. The molecule has 5 heterocycles. The van der Waals surface area contributed by atoms with Crippen molar-refractivity contribution in [2.45, 2.75) is 19.3 Å². The molecule has 2 saturated heterocycles. The van der Waals surface area contributed by atoms with E-state index in [1.807, 2.05) is 6.07 Å². The Labute approximate surface area is 247 Å². The van der Waals surface area contributed by atoms with Gasteiger partial charge in [0.15, 0.2) is 5.76 Å². The Morgan fingerprint density at radius 1 is 0.953 bits per heavy atom. The normalized spacial score (nSPS) is 16.9. The van der Waals surface area contributed by atoms with Crippen LogP contribution in [0, 0.1) is 5.41 Å². The molecule has 1 spiro atoms. The molecular formula is C32H29N5O6. The molecular weight excluding hydrogens is 550 g/mol. The molecule has 2 fully saturated rings. The third kappa shape index (κ3) is 4.91. The lowest BCUT2D eigenvalue weighted by molar-refractivity contribution is -0.000511. The number of pyridine rings is 1. The van der Waals surface area contributed by atoms with Crippen molar-refractivity contribution in [2.75, 3.05) is 48.0 Å². The summed E-state index contributed by atoms with van der Waals surface area (Å²) < 4.78 is 11.1. The first kappa shape index (κ1) is 26.8.